The third-order valence-electron chi connectivity index (χ3n) is 18.2. The molecule has 0 aliphatic heterocycles. The van der Waals surface area contributed by atoms with Gasteiger partial charge in [0.05, 0.1) is 0 Å². The Morgan fingerprint density at radius 3 is 0.805 bits per heavy atom. The van der Waals surface area contributed by atoms with E-state index in [9.17, 15) is 0 Å². The van der Waals surface area contributed by atoms with Gasteiger partial charge in [0, 0.05) is 0 Å². The van der Waals surface area contributed by atoms with Crippen LogP contribution in [0.1, 0.15) is 166 Å². The van der Waals surface area contributed by atoms with Crippen molar-refractivity contribution < 1.29 is 0 Å². The summed E-state index contributed by atoms with van der Waals surface area (Å²) in [6.07, 6.45) is 3.74. The zero-order valence-corrected chi connectivity index (χ0v) is 57.6. The molecular weight excluding hydrogens is 1040 g/mol. The van der Waals surface area contributed by atoms with Crippen LogP contribution in [0.5, 0.6) is 0 Å². The van der Waals surface area contributed by atoms with Crippen LogP contribution in [0.3, 0.4) is 0 Å². The molecule has 10 aromatic rings. The minimum Gasteiger partial charge on any atom is -0.0654 e. The van der Waals surface area contributed by atoms with E-state index >= 15 is 0 Å². The quantitative estimate of drug-likeness (QED) is 0.135. The summed E-state index contributed by atoms with van der Waals surface area (Å²) in [5.74, 6) is 0.598. The van der Waals surface area contributed by atoms with Crippen LogP contribution >= 0.6 is 0 Å². The average Bonchev–Trinajstić information content (AvgIpc) is 2.87. The molecule has 0 aromatic heterocycles. The van der Waals surface area contributed by atoms with Gasteiger partial charge in [0.2, 0.25) is 0 Å². The SMILES string of the molecule is CCCCc1ccc(-c2cc(C)c(C)c(C)c2)cc1.Cc1cc(-c2ccc(C(C)(C)C)cc2)cc(C)c1C.Cc1cc(-c2ccc(C(C)C)cc2)cc(C)c1C.Cc1cc(-c2ccccc2)cc(C)c1C.Cc1ccc(-c2cc(C)c(C)c(C)c2)cc1. The van der Waals surface area contributed by atoms with Crippen molar-refractivity contribution in [1.29, 1.82) is 0 Å². The largest absolute Gasteiger partial charge is 0.0654 e. The zero-order valence-electron chi connectivity index (χ0n) is 57.6. The van der Waals surface area contributed by atoms with Crippen LogP contribution < -0.4 is 0 Å². The topological polar surface area (TPSA) is 0 Å². The summed E-state index contributed by atoms with van der Waals surface area (Å²) in [6.45, 7) is 48.4. The fourth-order valence-corrected chi connectivity index (χ4v) is 10.9. The normalized spacial score (nSPS) is 10.9. The summed E-state index contributed by atoms with van der Waals surface area (Å²) < 4.78 is 0. The third kappa shape index (κ3) is 19.1. The van der Waals surface area contributed by atoms with Gasteiger partial charge >= 0.3 is 0 Å². The second-order valence-electron chi connectivity index (χ2n) is 26.3. The minimum atomic E-state index is 0.220. The number of aryl methyl sites for hydroxylation is 12. The first-order chi connectivity index (χ1) is 41.1. The number of unbranched alkanes of at least 4 members (excludes halogenated alkanes) is 1. The molecule has 0 amide bonds. The fraction of sp³-hybridized carbons (Fsp3) is 0.310. The van der Waals surface area contributed by atoms with E-state index in [1.165, 1.54) is 181 Å². The van der Waals surface area contributed by atoms with E-state index in [0.717, 1.165) is 0 Å². The molecule has 0 heteroatoms. The molecule has 0 atom stereocenters. The maximum absolute atomic E-state index is 2.30. The van der Waals surface area contributed by atoms with E-state index in [0.29, 0.717) is 5.92 Å². The number of hydrogen-bond donors (Lipinski definition) is 0. The molecule has 0 spiro atoms. The van der Waals surface area contributed by atoms with Crippen LogP contribution in [0.15, 0.2) is 188 Å². The number of benzene rings is 10. The Morgan fingerprint density at radius 1 is 0.287 bits per heavy atom. The van der Waals surface area contributed by atoms with Crippen molar-refractivity contribution in [2.24, 2.45) is 0 Å². The van der Waals surface area contributed by atoms with E-state index in [1.54, 1.807) is 0 Å². The maximum atomic E-state index is 2.30. The predicted molar refractivity (Wildman–Crippen MR) is 387 cm³/mol. The van der Waals surface area contributed by atoms with Gasteiger partial charge in [-0.2, -0.15) is 0 Å². The van der Waals surface area contributed by atoms with Crippen LogP contribution in [0.25, 0.3) is 55.6 Å². The van der Waals surface area contributed by atoms with Crippen molar-refractivity contribution in [2.45, 2.75) is 183 Å². The van der Waals surface area contributed by atoms with Gasteiger partial charge in [-0.15, -0.1) is 0 Å². The second-order valence-corrected chi connectivity index (χ2v) is 26.3. The van der Waals surface area contributed by atoms with E-state index in [4.69, 9.17) is 0 Å². The van der Waals surface area contributed by atoms with E-state index in [2.05, 4.69) is 340 Å². The summed E-state index contributed by atoms with van der Waals surface area (Å²) >= 11 is 0. The molecule has 10 aromatic carbocycles. The van der Waals surface area contributed by atoms with Crippen LogP contribution in [-0.4, -0.2) is 0 Å². The molecule has 0 unspecified atom stereocenters. The molecule has 0 saturated carbocycles. The Morgan fingerprint density at radius 2 is 0.540 bits per heavy atom. The molecule has 0 aliphatic rings. The Bertz CT molecular complexity index is 3720. The molecule has 0 aliphatic carbocycles. The average molecular weight is 1150 g/mol. The van der Waals surface area contributed by atoms with Gasteiger partial charge in [0.1, 0.15) is 0 Å². The van der Waals surface area contributed by atoms with Crippen LogP contribution in [0.4, 0.5) is 0 Å². The maximum Gasteiger partial charge on any atom is -0.0132 e. The highest BCUT2D eigenvalue weighted by Crippen LogP contribution is 2.32. The molecule has 0 fully saturated rings. The van der Waals surface area contributed by atoms with Crippen molar-refractivity contribution in [1.82, 2.24) is 0 Å². The molecule has 0 N–H and O–H groups in total. The molecule has 452 valence electrons. The van der Waals surface area contributed by atoms with Crippen molar-refractivity contribution in [2.75, 3.05) is 0 Å². The first-order valence-corrected chi connectivity index (χ1v) is 32.0. The van der Waals surface area contributed by atoms with Crippen molar-refractivity contribution in [3.63, 3.8) is 0 Å². The van der Waals surface area contributed by atoms with Crippen LogP contribution in [0.2, 0.25) is 0 Å². The summed E-state index contributed by atoms with van der Waals surface area (Å²) in [7, 11) is 0. The van der Waals surface area contributed by atoms with Crippen molar-refractivity contribution in [3.8, 4) is 55.6 Å². The molecule has 0 radical (unpaired) electrons. The molecule has 0 bridgehead atoms. The van der Waals surface area contributed by atoms with Gasteiger partial charge in [0.15, 0.2) is 0 Å². The van der Waals surface area contributed by atoms with E-state index in [1.807, 2.05) is 0 Å². The number of rotatable bonds is 9. The summed E-state index contributed by atoms with van der Waals surface area (Å²) in [4.78, 5) is 0. The van der Waals surface area contributed by atoms with E-state index in [-0.39, 0.29) is 5.41 Å². The molecule has 0 saturated heterocycles. The van der Waals surface area contributed by atoms with Crippen molar-refractivity contribution in [3.05, 3.63) is 294 Å². The van der Waals surface area contributed by atoms with Gasteiger partial charge < -0.3 is 0 Å². The highest BCUT2D eigenvalue weighted by atomic mass is 14.2. The smallest absolute Gasteiger partial charge is 0.0132 e. The Kier molecular flexibility index (Phi) is 24.5. The fourth-order valence-electron chi connectivity index (χ4n) is 10.9. The van der Waals surface area contributed by atoms with Gasteiger partial charge in [-0.05, 0) is 291 Å². The lowest BCUT2D eigenvalue weighted by Gasteiger charge is -2.19. The lowest BCUT2D eigenvalue weighted by Crippen LogP contribution is -2.10. The summed E-state index contributed by atoms with van der Waals surface area (Å²) in [5, 5.41) is 0. The first-order valence-electron chi connectivity index (χ1n) is 32.0. The summed E-state index contributed by atoms with van der Waals surface area (Å²) in [6, 6.07) is 69.0. The monoisotopic (exact) mass is 1150 g/mol. The Balaban J connectivity index is 0.000000174. The predicted octanol–water partition coefficient (Wildman–Crippen LogP) is 25.5. The van der Waals surface area contributed by atoms with Gasteiger partial charge in [0.25, 0.3) is 0 Å². The third-order valence-corrected chi connectivity index (χ3v) is 18.2. The van der Waals surface area contributed by atoms with Gasteiger partial charge in [-0.25, -0.2) is 0 Å². The molecular formula is C87H104. The highest BCUT2D eigenvalue weighted by Gasteiger charge is 2.14. The lowest BCUT2D eigenvalue weighted by molar-refractivity contribution is 0.590. The van der Waals surface area contributed by atoms with Crippen LogP contribution in [0, 0.1) is 111 Å². The van der Waals surface area contributed by atoms with Gasteiger partial charge in [-0.1, -0.05) is 242 Å². The van der Waals surface area contributed by atoms with Crippen LogP contribution in [-0.2, 0) is 11.8 Å². The lowest BCUT2D eigenvalue weighted by atomic mass is 9.86. The Hall–Kier alpha value is -7.80. The van der Waals surface area contributed by atoms with E-state index < -0.39 is 0 Å². The second kappa shape index (κ2) is 31.2. The highest BCUT2D eigenvalue weighted by molar-refractivity contribution is 5.70. The molecule has 87 heavy (non-hydrogen) atoms. The Labute approximate surface area is 529 Å². The molecule has 10 rings (SSSR count). The zero-order chi connectivity index (χ0) is 63.9. The van der Waals surface area contributed by atoms with Gasteiger partial charge in [-0.3, -0.25) is 0 Å². The first kappa shape index (κ1) is 68.3. The molecule has 0 heterocycles. The minimum absolute atomic E-state index is 0.220. The summed E-state index contributed by atoms with van der Waals surface area (Å²) in [5.41, 5.74) is 39.7. The standard InChI is InChI=1S/2C19H24.C18H22.C16H18.C15H16/c1-13-11-17(12-14(2)15(13)3)16-7-9-18(10-8-16)19(4,5)6;1-5-6-7-17-8-10-18(11-9-17)19-12-14(2)16(4)15(3)13-19;1-12(2)16-6-8-17(9-7-16)18-10-13(3)15(5)14(4)11-18;1-11-5-7-15(8-6-11)16-9-12(2)14(4)13(3)10-16;1-11-9-15(10-12(2)13(11)3)14-7-5-4-6-8-14/h7-12H,1-6H3;8-13H,5-7H2,1-4H3;6-12H,1-5H3;5-10H,1-4H3;4-10H,1-3H3. The molecule has 0 nitrogen and oxygen atoms in total. The number of hydrogen-bond acceptors (Lipinski definition) is 0. The van der Waals surface area contributed by atoms with Crippen molar-refractivity contribution >= 4 is 0 Å².